The average Bonchev–Trinajstić information content (AvgIpc) is 2.48. The number of Topliss-reactive ketones (excluding diaryl/α,β-unsaturated/α-hetero) is 1. The van der Waals surface area contributed by atoms with Gasteiger partial charge >= 0.3 is 0 Å². The molecule has 0 N–H and O–H groups in total. The number of nitrogens with zero attached hydrogens (tertiary/aromatic N) is 1. The lowest BCUT2D eigenvalue weighted by atomic mass is 10.1. The largest absolute Gasteiger partial charge is 0.293 e. The summed E-state index contributed by atoms with van der Waals surface area (Å²) in [5, 5.41) is 11.2. The molecule has 0 aliphatic rings. The summed E-state index contributed by atoms with van der Waals surface area (Å²) >= 11 is 5.74. The van der Waals surface area contributed by atoms with Crippen molar-refractivity contribution >= 4 is 33.9 Å². The summed E-state index contributed by atoms with van der Waals surface area (Å²) in [5.74, 6) is -0.644. The smallest absolute Gasteiger partial charge is 0.270 e. The van der Waals surface area contributed by atoms with Crippen LogP contribution in [0.4, 0.5) is 5.69 Å². The number of nitro groups is 1. The lowest BCUT2D eigenvalue weighted by Crippen LogP contribution is -2.11. The number of carbonyl (C=O) groups is 1. The number of benzene rings is 2. The highest BCUT2D eigenvalue weighted by atomic mass is 35.5. The maximum atomic E-state index is 12.1. The van der Waals surface area contributed by atoms with Gasteiger partial charge in [0.2, 0.25) is 0 Å². The number of hydrogen-bond acceptors (Lipinski definition) is 4. The van der Waals surface area contributed by atoms with E-state index in [1.165, 1.54) is 24.3 Å². The fourth-order valence-electron chi connectivity index (χ4n) is 1.67. The van der Waals surface area contributed by atoms with Gasteiger partial charge in [-0.1, -0.05) is 23.7 Å². The van der Waals surface area contributed by atoms with Crippen LogP contribution in [-0.4, -0.2) is 20.7 Å². The Balaban J connectivity index is 2.14. The Morgan fingerprint density at radius 1 is 1.19 bits per heavy atom. The summed E-state index contributed by atoms with van der Waals surface area (Å²) in [6, 6.07) is 11.7. The van der Waals surface area contributed by atoms with Gasteiger partial charge in [0.25, 0.3) is 5.69 Å². The summed E-state index contributed by atoms with van der Waals surface area (Å²) in [6.45, 7) is 0. The molecule has 2 rings (SSSR count). The third-order valence-electron chi connectivity index (χ3n) is 2.72. The highest BCUT2D eigenvalue weighted by Gasteiger charge is 2.15. The maximum Gasteiger partial charge on any atom is 0.270 e. The lowest BCUT2D eigenvalue weighted by Gasteiger charge is -2.03. The van der Waals surface area contributed by atoms with E-state index in [2.05, 4.69) is 0 Å². The first kappa shape index (κ1) is 15.3. The molecule has 0 aliphatic heterocycles. The quantitative estimate of drug-likeness (QED) is 0.481. The number of hydrogen-bond donors (Lipinski definition) is 0. The number of carbonyl (C=O) groups excluding carboxylic acids is 1. The first-order valence-corrected chi connectivity index (χ1v) is 7.58. The fourth-order valence-corrected chi connectivity index (χ4v) is 2.80. The molecule has 0 fully saturated rings. The summed E-state index contributed by atoms with van der Waals surface area (Å²) in [4.78, 5) is 22.6. The average molecular weight is 324 g/mol. The predicted octanol–water partition coefficient (Wildman–Crippen LogP) is 3.24. The van der Waals surface area contributed by atoms with Gasteiger partial charge in [-0.15, -0.1) is 0 Å². The molecule has 0 bridgehead atoms. The van der Waals surface area contributed by atoms with Crippen molar-refractivity contribution in [2.24, 2.45) is 0 Å². The van der Waals surface area contributed by atoms with Gasteiger partial charge in [0.05, 0.1) is 21.5 Å². The van der Waals surface area contributed by atoms with Crippen molar-refractivity contribution in [3.63, 3.8) is 0 Å². The molecule has 1 atom stereocenters. The topological polar surface area (TPSA) is 77.3 Å². The Morgan fingerprint density at radius 2 is 1.86 bits per heavy atom. The van der Waals surface area contributed by atoms with Crippen LogP contribution in [0.2, 0.25) is 5.02 Å². The molecule has 7 heteroatoms. The Morgan fingerprint density at radius 3 is 2.48 bits per heavy atom. The molecule has 0 saturated heterocycles. The van der Waals surface area contributed by atoms with Gasteiger partial charge < -0.3 is 0 Å². The number of rotatable bonds is 5. The van der Waals surface area contributed by atoms with Crippen LogP contribution >= 0.6 is 11.6 Å². The third kappa shape index (κ3) is 3.96. The molecule has 2 aromatic carbocycles. The summed E-state index contributed by atoms with van der Waals surface area (Å²) in [7, 11) is -1.52. The highest BCUT2D eigenvalue weighted by Crippen LogP contribution is 2.16. The van der Waals surface area contributed by atoms with Crippen LogP contribution in [0.5, 0.6) is 0 Å². The molecule has 0 aliphatic carbocycles. The molecular formula is C14H10ClNO4S. The molecule has 2 aromatic rings. The van der Waals surface area contributed by atoms with E-state index < -0.39 is 21.5 Å². The SMILES string of the molecule is O=C(CS(=O)c1ccc(Cl)cc1)c1cccc([N+](=O)[O-])c1. The Kier molecular flexibility index (Phi) is 4.82. The Hall–Kier alpha value is -2.05. The summed E-state index contributed by atoms with van der Waals surface area (Å²) in [5.41, 5.74) is 0.00430. The molecule has 5 nitrogen and oxygen atoms in total. The van der Waals surface area contributed by atoms with Crippen molar-refractivity contribution in [2.75, 3.05) is 5.75 Å². The molecule has 0 aromatic heterocycles. The number of ketones is 1. The van der Waals surface area contributed by atoms with Gasteiger partial charge in [-0.25, -0.2) is 0 Å². The van der Waals surface area contributed by atoms with Gasteiger partial charge in [-0.05, 0) is 24.3 Å². The van der Waals surface area contributed by atoms with Gasteiger partial charge in [-0.3, -0.25) is 19.1 Å². The van der Waals surface area contributed by atoms with Crippen molar-refractivity contribution in [3.8, 4) is 0 Å². The van der Waals surface area contributed by atoms with Gasteiger partial charge in [-0.2, -0.15) is 0 Å². The van der Waals surface area contributed by atoms with Gasteiger partial charge in [0.15, 0.2) is 5.78 Å². The van der Waals surface area contributed by atoms with Crippen LogP contribution in [-0.2, 0) is 10.8 Å². The first-order chi connectivity index (χ1) is 9.97. The zero-order chi connectivity index (χ0) is 15.4. The molecule has 0 heterocycles. The van der Waals surface area contributed by atoms with Crippen LogP contribution in [0.3, 0.4) is 0 Å². The van der Waals surface area contributed by atoms with Crippen LogP contribution in [0.1, 0.15) is 10.4 Å². The minimum atomic E-state index is -1.52. The van der Waals surface area contributed by atoms with Crippen LogP contribution < -0.4 is 0 Å². The molecule has 0 radical (unpaired) electrons. The fraction of sp³-hybridized carbons (Fsp3) is 0.0714. The molecule has 0 spiro atoms. The zero-order valence-corrected chi connectivity index (χ0v) is 12.3. The van der Waals surface area contributed by atoms with Crippen LogP contribution in [0.25, 0.3) is 0 Å². The van der Waals surface area contributed by atoms with Gasteiger partial charge in [0.1, 0.15) is 0 Å². The molecule has 108 valence electrons. The minimum absolute atomic E-state index is 0.168. The third-order valence-corrected chi connectivity index (χ3v) is 4.29. The number of halogens is 1. The van der Waals surface area contributed by atoms with Crippen molar-refractivity contribution in [3.05, 3.63) is 69.2 Å². The molecular weight excluding hydrogens is 314 g/mol. The molecule has 1 unspecified atom stereocenters. The Bertz CT molecular complexity index is 715. The van der Waals surface area contributed by atoms with Crippen molar-refractivity contribution in [1.29, 1.82) is 0 Å². The second kappa shape index (κ2) is 6.60. The minimum Gasteiger partial charge on any atom is -0.293 e. The van der Waals surface area contributed by atoms with Gasteiger partial charge in [0, 0.05) is 27.6 Å². The zero-order valence-electron chi connectivity index (χ0n) is 10.7. The monoisotopic (exact) mass is 323 g/mol. The van der Waals surface area contributed by atoms with E-state index in [4.69, 9.17) is 11.6 Å². The lowest BCUT2D eigenvalue weighted by molar-refractivity contribution is -0.384. The normalized spacial score (nSPS) is 11.9. The van der Waals surface area contributed by atoms with E-state index in [1.54, 1.807) is 24.3 Å². The van der Waals surface area contributed by atoms with Crippen molar-refractivity contribution in [1.82, 2.24) is 0 Å². The second-order valence-electron chi connectivity index (χ2n) is 4.17. The van der Waals surface area contributed by atoms with E-state index in [0.717, 1.165) is 0 Å². The van der Waals surface area contributed by atoms with E-state index in [0.29, 0.717) is 9.92 Å². The molecule has 21 heavy (non-hydrogen) atoms. The molecule has 0 amide bonds. The van der Waals surface area contributed by atoms with Crippen molar-refractivity contribution < 1.29 is 13.9 Å². The Labute approximate surface area is 128 Å². The van der Waals surface area contributed by atoms with E-state index in [-0.39, 0.29) is 17.0 Å². The number of non-ortho nitro benzene ring substituents is 1. The summed E-state index contributed by atoms with van der Waals surface area (Å²) < 4.78 is 12.1. The van der Waals surface area contributed by atoms with E-state index in [1.807, 2.05) is 0 Å². The van der Waals surface area contributed by atoms with Crippen LogP contribution in [0.15, 0.2) is 53.4 Å². The standard InChI is InChI=1S/C14H10ClNO4S/c15-11-4-6-13(7-5-11)21(20)9-14(17)10-2-1-3-12(8-10)16(18)19/h1-8H,9H2. The second-order valence-corrected chi connectivity index (χ2v) is 6.06. The van der Waals surface area contributed by atoms with E-state index >= 15 is 0 Å². The predicted molar refractivity (Wildman–Crippen MR) is 80.2 cm³/mol. The molecule has 0 saturated carbocycles. The van der Waals surface area contributed by atoms with E-state index in [9.17, 15) is 19.1 Å². The van der Waals surface area contributed by atoms with Crippen LogP contribution in [0, 0.1) is 10.1 Å². The number of nitro benzene ring substituents is 1. The first-order valence-electron chi connectivity index (χ1n) is 5.89. The maximum absolute atomic E-state index is 12.1. The summed E-state index contributed by atoms with van der Waals surface area (Å²) in [6.07, 6.45) is 0. The highest BCUT2D eigenvalue weighted by molar-refractivity contribution is 7.85. The van der Waals surface area contributed by atoms with Crippen molar-refractivity contribution in [2.45, 2.75) is 4.90 Å².